The summed E-state index contributed by atoms with van der Waals surface area (Å²) >= 11 is 7.55. The Hall–Kier alpha value is -0.420. The second-order valence-electron chi connectivity index (χ2n) is 3.24. The van der Waals surface area contributed by atoms with Crippen molar-refractivity contribution in [1.29, 1.82) is 0 Å². The highest BCUT2D eigenvalue weighted by molar-refractivity contribution is 7.99. The molecule has 1 unspecified atom stereocenters. The van der Waals surface area contributed by atoms with Gasteiger partial charge in [0.1, 0.15) is 5.88 Å². The van der Waals surface area contributed by atoms with Crippen molar-refractivity contribution in [3.05, 3.63) is 5.89 Å². The van der Waals surface area contributed by atoms with Gasteiger partial charge in [0.05, 0.1) is 0 Å². The topological polar surface area (TPSA) is 42.2 Å². The predicted octanol–water partition coefficient (Wildman–Crippen LogP) is 1.75. The van der Waals surface area contributed by atoms with E-state index in [4.69, 9.17) is 16.0 Å². The molecule has 1 atom stereocenters. The van der Waals surface area contributed by atoms with Gasteiger partial charge in [-0.15, -0.1) is 16.7 Å². The van der Waals surface area contributed by atoms with E-state index in [0.717, 1.165) is 5.75 Å². The predicted molar refractivity (Wildman–Crippen MR) is 58.0 cm³/mol. The zero-order chi connectivity index (χ0) is 9.97. The van der Waals surface area contributed by atoms with Crippen LogP contribution in [0.3, 0.4) is 0 Å². The Morgan fingerprint density at radius 3 is 3.07 bits per heavy atom. The molecular weight excluding hydrogens is 222 g/mol. The number of hydrogen-bond acceptors (Lipinski definition) is 5. The van der Waals surface area contributed by atoms with E-state index >= 15 is 0 Å². The van der Waals surface area contributed by atoms with Crippen LogP contribution >= 0.6 is 23.4 Å². The second kappa shape index (κ2) is 4.40. The van der Waals surface area contributed by atoms with Crippen LogP contribution in [0.1, 0.15) is 12.3 Å². The highest BCUT2D eigenvalue weighted by Gasteiger charge is 2.23. The second-order valence-corrected chi connectivity index (χ2v) is 4.66. The summed E-state index contributed by atoms with van der Waals surface area (Å²) in [4.78, 5) is 2.04. The molecule has 0 amide bonds. The molecule has 0 N–H and O–H groups in total. The normalized spacial score (nSPS) is 21.4. The molecule has 1 aliphatic rings. The number of anilines is 1. The molecule has 0 saturated carbocycles. The molecule has 0 aliphatic carbocycles. The van der Waals surface area contributed by atoms with Gasteiger partial charge in [-0.3, -0.25) is 0 Å². The van der Waals surface area contributed by atoms with E-state index in [-0.39, 0.29) is 5.88 Å². The van der Waals surface area contributed by atoms with Crippen LogP contribution in [0.4, 0.5) is 6.01 Å². The van der Waals surface area contributed by atoms with Crippen molar-refractivity contribution in [3.63, 3.8) is 0 Å². The minimum Gasteiger partial charge on any atom is -0.407 e. The summed E-state index contributed by atoms with van der Waals surface area (Å²) in [7, 11) is 1.99. The van der Waals surface area contributed by atoms with E-state index in [9.17, 15) is 0 Å². The lowest BCUT2D eigenvalue weighted by Gasteiger charge is -2.20. The first-order valence-electron chi connectivity index (χ1n) is 4.50. The fourth-order valence-corrected chi connectivity index (χ4v) is 2.80. The van der Waals surface area contributed by atoms with E-state index in [2.05, 4.69) is 10.2 Å². The van der Waals surface area contributed by atoms with Crippen LogP contribution in [0.15, 0.2) is 4.42 Å². The summed E-state index contributed by atoms with van der Waals surface area (Å²) in [6.07, 6.45) is 1.18. The molecule has 1 saturated heterocycles. The largest absolute Gasteiger partial charge is 0.407 e. The van der Waals surface area contributed by atoms with Crippen LogP contribution in [0.25, 0.3) is 0 Å². The van der Waals surface area contributed by atoms with Crippen molar-refractivity contribution in [2.75, 3.05) is 23.5 Å². The molecule has 14 heavy (non-hydrogen) atoms. The smallest absolute Gasteiger partial charge is 0.318 e. The van der Waals surface area contributed by atoms with Crippen LogP contribution < -0.4 is 4.90 Å². The average Bonchev–Trinajstić information content (AvgIpc) is 2.88. The average molecular weight is 234 g/mol. The van der Waals surface area contributed by atoms with Gasteiger partial charge in [-0.05, 0) is 12.2 Å². The van der Waals surface area contributed by atoms with Crippen LogP contribution in [0, 0.1) is 0 Å². The first kappa shape index (κ1) is 10.1. The van der Waals surface area contributed by atoms with Crippen LogP contribution in [-0.4, -0.2) is 34.8 Å². The summed E-state index contributed by atoms with van der Waals surface area (Å²) in [6, 6.07) is 1.09. The van der Waals surface area contributed by atoms with Crippen LogP contribution in [0.2, 0.25) is 0 Å². The van der Waals surface area contributed by atoms with Gasteiger partial charge in [0.15, 0.2) is 0 Å². The summed E-state index contributed by atoms with van der Waals surface area (Å²) in [6.45, 7) is 0. The Morgan fingerprint density at radius 1 is 1.64 bits per heavy atom. The van der Waals surface area contributed by atoms with E-state index < -0.39 is 0 Å². The Labute approximate surface area is 92.0 Å². The lowest BCUT2D eigenvalue weighted by Crippen LogP contribution is -2.31. The highest BCUT2D eigenvalue weighted by atomic mass is 35.5. The molecular formula is C8H12ClN3OS. The van der Waals surface area contributed by atoms with Crippen molar-refractivity contribution >= 4 is 29.4 Å². The van der Waals surface area contributed by atoms with E-state index in [1.165, 1.54) is 12.2 Å². The number of thioether (sulfide) groups is 1. The molecule has 2 rings (SSSR count). The van der Waals surface area contributed by atoms with Crippen LogP contribution in [-0.2, 0) is 5.88 Å². The van der Waals surface area contributed by atoms with Crippen molar-refractivity contribution in [2.45, 2.75) is 18.3 Å². The molecule has 0 bridgehead atoms. The molecule has 0 spiro atoms. The Kier molecular flexibility index (Phi) is 3.18. The van der Waals surface area contributed by atoms with Gasteiger partial charge >= 0.3 is 6.01 Å². The zero-order valence-electron chi connectivity index (χ0n) is 7.94. The van der Waals surface area contributed by atoms with Gasteiger partial charge in [-0.25, -0.2) is 0 Å². The molecule has 6 heteroatoms. The molecule has 78 valence electrons. The number of hydrogen-bond donors (Lipinski definition) is 0. The number of alkyl halides is 1. The third-order valence-electron chi connectivity index (χ3n) is 2.33. The minimum absolute atomic E-state index is 0.278. The maximum Gasteiger partial charge on any atom is 0.318 e. The summed E-state index contributed by atoms with van der Waals surface area (Å²) in [5.41, 5.74) is 0. The van der Waals surface area contributed by atoms with Crippen molar-refractivity contribution < 1.29 is 4.42 Å². The van der Waals surface area contributed by atoms with Gasteiger partial charge in [0, 0.05) is 18.8 Å². The fraction of sp³-hybridized carbons (Fsp3) is 0.750. The van der Waals surface area contributed by atoms with Gasteiger partial charge < -0.3 is 9.32 Å². The lowest BCUT2D eigenvalue weighted by molar-refractivity contribution is 0.492. The van der Waals surface area contributed by atoms with Gasteiger partial charge in [0.25, 0.3) is 0 Å². The van der Waals surface area contributed by atoms with Crippen molar-refractivity contribution in [3.8, 4) is 0 Å². The van der Waals surface area contributed by atoms with Gasteiger partial charge in [-0.1, -0.05) is 5.10 Å². The summed E-state index contributed by atoms with van der Waals surface area (Å²) in [5, 5.41) is 7.78. The summed E-state index contributed by atoms with van der Waals surface area (Å²) in [5.74, 6) is 3.11. The molecule has 2 heterocycles. The standard InChI is InChI=1S/C8H12ClN3OS/c1-12(6-2-3-14-5-6)8-11-10-7(4-9)13-8/h6H,2-5H2,1H3. The van der Waals surface area contributed by atoms with Gasteiger partial charge in [0.2, 0.25) is 5.89 Å². The van der Waals surface area contributed by atoms with E-state index in [1.54, 1.807) is 0 Å². The number of rotatable bonds is 3. The van der Waals surface area contributed by atoms with E-state index in [0.29, 0.717) is 17.9 Å². The first-order chi connectivity index (χ1) is 6.81. The first-order valence-corrected chi connectivity index (χ1v) is 6.19. The number of aromatic nitrogens is 2. The highest BCUT2D eigenvalue weighted by Crippen LogP contribution is 2.25. The van der Waals surface area contributed by atoms with Crippen molar-refractivity contribution in [1.82, 2.24) is 10.2 Å². The quantitative estimate of drug-likeness (QED) is 0.745. The maximum absolute atomic E-state index is 5.59. The third kappa shape index (κ3) is 1.98. The summed E-state index contributed by atoms with van der Waals surface area (Å²) < 4.78 is 5.37. The van der Waals surface area contributed by atoms with Crippen molar-refractivity contribution in [2.24, 2.45) is 0 Å². The molecule has 1 aromatic rings. The molecule has 1 aliphatic heterocycles. The minimum atomic E-state index is 0.278. The molecule has 1 fully saturated rings. The lowest BCUT2D eigenvalue weighted by atomic mass is 10.2. The Balaban J connectivity index is 2.05. The SMILES string of the molecule is CN(c1nnc(CCl)o1)C1CCSC1. The monoisotopic (exact) mass is 233 g/mol. The molecule has 0 aromatic carbocycles. The van der Waals surface area contributed by atoms with Crippen LogP contribution in [0.5, 0.6) is 0 Å². The maximum atomic E-state index is 5.59. The zero-order valence-corrected chi connectivity index (χ0v) is 9.51. The third-order valence-corrected chi connectivity index (χ3v) is 3.70. The number of halogens is 1. The number of nitrogens with zero attached hydrogens (tertiary/aromatic N) is 3. The molecule has 4 nitrogen and oxygen atoms in total. The Morgan fingerprint density at radius 2 is 2.50 bits per heavy atom. The van der Waals surface area contributed by atoms with E-state index in [1.807, 2.05) is 23.7 Å². The molecule has 1 aromatic heterocycles. The Bertz CT molecular complexity index is 301. The molecule has 0 radical (unpaired) electrons. The van der Waals surface area contributed by atoms with Gasteiger partial charge in [-0.2, -0.15) is 11.8 Å². The fourth-order valence-electron chi connectivity index (χ4n) is 1.42.